The zero-order valence-electron chi connectivity index (χ0n) is 7.93. The summed E-state index contributed by atoms with van der Waals surface area (Å²) in [6.45, 7) is -0.463. The van der Waals surface area contributed by atoms with Gasteiger partial charge in [-0.15, -0.1) is 0 Å². The first-order chi connectivity index (χ1) is 7.02. The van der Waals surface area contributed by atoms with Crippen molar-refractivity contribution in [1.29, 1.82) is 0 Å². The minimum absolute atomic E-state index is 0.0947. The second-order valence-electron chi connectivity index (χ2n) is 2.90. The molecule has 0 fully saturated rings. The van der Waals surface area contributed by atoms with Gasteiger partial charge in [0, 0.05) is 5.56 Å². The van der Waals surface area contributed by atoms with Crippen molar-refractivity contribution in [2.24, 2.45) is 5.73 Å². The van der Waals surface area contributed by atoms with E-state index in [1.807, 2.05) is 0 Å². The first kappa shape index (κ1) is 12.4. The average molecular weight is 282 g/mol. The van der Waals surface area contributed by atoms with Crippen molar-refractivity contribution in [3.05, 3.63) is 27.7 Å². The fraction of sp³-hybridized carbons (Fsp3) is 0.333. The highest BCUT2D eigenvalue weighted by Crippen LogP contribution is 2.33. The lowest BCUT2D eigenvalue weighted by molar-refractivity contribution is 0.263. The lowest BCUT2D eigenvalue weighted by atomic mass is 10.1. The van der Waals surface area contributed by atoms with Gasteiger partial charge >= 0.3 is 0 Å². The van der Waals surface area contributed by atoms with Gasteiger partial charge in [0.25, 0.3) is 0 Å². The zero-order valence-corrected chi connectivity index (χ0v) is 9.51. The lowest BCUT2D eigenvalue weighted by Gasteiger charge is -2.13. The van der Waals surface area contributed by atoms with Gasteiger partial charge in [-0.3, -0.25) is 0 Å². The molecular weight excluding hydrogens is 272 g/mol. The number of rotatable bonds is 3. The number of nitrogens with two attached hydrogens (primary N) is 1. The third kappa shape index (κ3) is 2.27. The van der Waals surface area contributed by atoms with Crippen molar-refractivity contribution in [3.63, 3.8) is 0 Å². The summed E-state index contributed by atoms with van der Waals surface area (Å²) in [5, 5.41) is 8.76. The number of hydrogen-bond donors (Lipinski definition) is 2. The Hall–Kier alpha value is -0.720. The number of ether oxygens (including phenoxy) is 1. The van der Waals surface area contributed by atoms with Crippen molar-refractivity contribution >= 4 is 15.9 Å². The lowest BCUT2D eigenvalue weighted by Crippen LogP contribution is -2.17. The molecule has 0 spiro atoms. The zero-order chi connectivity index (χ0) is 11.6. The van der Waals surface area contributed by atoms with Gasteiger partial charge in [0.1, 0.15) is 0 Å². The summed E-state index contributed by atoms with van der Waals surface area (Å²) in [7, 11) is 1.23. The van der Waals surface area contributed by atoms with E-state index in [-0.39, 0.29) is 15.8 Å². The maximum absolute atomic E-state index is 13.4. The average Bonchev–Trinajstić information content (AvgIpc) is 2.23. The number of hydrogen-bond acceptors (Lipinski definition) is 3. The van der Waals surface area contributed by atoms with Crippen molar-refractivity contribution in [1.82, 2.24) is 0 Å². The Morgan fingerprint density at radius 3 is 2.60 bits per heavy atom. The monoisotopic (exact) mass is 281 g/mol. The van der Waals surface area contributed by atoms with Gasteiger partial charge in [-0.25, -0.2) is 4.39 Å². The summed E-state index contributed by atoms with van der Waals surface area (Å²) in [5.41, 5.74) is 5.31. The molecule has 0 amide bonds. The van der Waals surface area contributed by atoms with Crippen LogP contribution in [-0.4, -0.2) is 18.8 Å². The standard InChI is InChI=1S/C9H10BrF2NO2/c1-15-9-5(10)2-4(6(13)3-14)7(11)8(9)12/h2,6,14H,3,13H2,1H3. The fourth-order valence-corrected chi connectivity index (χ4v) is 1.73. The van der Waals surface area contributed by atoms with E-state index < -0.39 is 24.3 Å². The van der Waals surface area contributed by atoms with Gasteiger partial charge in [-0.1, -0.05) is 0 Å². The Balaban J connectivity index is 3.33. The Morgan fingerprint density at radius 2 is 2.13 bits per heavy atom. The molecule has 15 heavy (non-hydrogen) atoms. The number of halogens is 3. The summed E-state index contributed by atoms with van der Waals surface area (Å²) in [4.78, 5) is 0. The summed E-state index contributed by atoms with van der Waals surface area (Å²) >= 11 is 3.02. The summed E-state index contributed by atoms with van der Waals surface area (Å²) in [5.74, 6) is -2.44. The first-order valence-electron chi connectivity index (χ1n) is 4.10. The van der Waals surface area contributed by atoms with E-state index in [0.29, 0.717) is 0 Å². The molecule has 0 aromatic heterocycles. The van der Waals surface area contributed by atoms with E-state index in [4.69, 9.17) is 10.8 Å². The maximum Gasteiger partial charge on any atom is 0.202 e. The normalized spacial score (nSPS) is 12.7. The summed E-state index contributed by atoms with van der Waals surface area (Å²) in [6, 6.07) is 0.333. The van der Waals surface area contributed by atoms with E-state index >= 15 is 0 Å². The van der Waals surface area contributed by atoms with Crippen molar-refractivity contribution in [2.45, 2.75) is 6.04 Å². The highest BCUT2D eigenvalue weighted by molar-refractivity contribution is 9.10. The number of aliphatic hydroxyl groups excluding tert-OH is 1. The summed E-state index contributed by atoms with van der Waals surface area (Å²) < 4.78 is 31.7. The molecule has 1 rings (SSSR count). The van der Waals surface area contributed by atoms with Gasteiger partial charge in [0.2, 0.25) is 5.82 Å². The Kier molecular flexibility index (Phi) is 4.01. The van der Waals surface area contributed by atoms with E-state index in [0.717, 1.165) is 0 Å². The molecule has 1 aromatic carbocycles. The molecule has 0 radical (unpaired) electrons. The van der Waals surface area contributed by atoms with E-state index in [9.17, 15) is 8.78 Å². The van der Waals surface area contributed by atoms with Crippen LogP contribution >= 0.6 is 15.9 Å². The molecule has 0 aliphatic rings. The number of aliphatic hydroxyl groups is 1. The minimum atomic E-state index is -1.12. The van der Waals surface area contributed by atoms with Crippen LogP contribution in [0, 0.1) is 11.6 Å². The van der Waals surface area contributed by atoms with Crippen molar-refractivity contribution < 1.29 is 18.6 Å². The van der Waals surface area contributed by atoms with Crippen LogP contribution in [0.4, 0.5) is 8.78 Å². The molecule has 0 aliphatic carbocycles. The molecule has 3 nitrogen and oxygen atoms in total. The second-order valence-corrected chi connectivity index (χ2v) is 3.75. The molecule has 3 N–H and O–H groups in total. The van der Waals surface area contributed by atoms with Crippen LogP contribution in [0.15, 0.2) is 10.5 Å². The number of methoxy groups -OCH3 is 1. The second kappa shape index (κ2) is 4.87. The molecule has 0 heterocycles. The summed E-state index contributed by atoms with van der Waals surface area (Å²) in [6.07, 6.45) is 0. The third-order valence-electron chi connectivity index (χ3n) is 1.94. The van der Waals surface area contributed by atoms with Crippen LogP contribution in [0.1, 0.15) is 11.6 Å². The van der Waals surface area contributed by atoms with Crippen molar-refractivity contribution in [2.75, 3.05) is 13.7 Å². The Bertz CT molecular complexity index is 374. The van der Waals surface area contributed by atoms with Gasteiger partial charge in [0.15, 0.2) is 11.6 Å². The van der Waals surface area contributed by atoms with Crippen LogP contribution in [0.5, 0.6) is 5.75 Å². The third-order valence-corrected chi connectivity index (χ3v) is 2.53. The van der Waals surface area contributed by atoms with Crippen LogP contribution < -0.4 is 10.5 Å². The topological polar surface area (TPSA) is 55.5 Å². The molecule has 0 aliphatic heterocycles. The van der Waals surface area contributed by atoms with Gasteiger partial charge in [-0.2, -0.15) is 4.39 Å². The first-order valence-corrected chi connectivity index (χ1v) is 4.90. The van der Waals surface area contributed by atoms with Gasteiger partial charge in [-0.05, 0) is 22.0 Å². The molecule has 6 heteroatoms. The Labute approximate surface area is 94.0 Å². The van der Waals surface area contributed by atoms with Gasteiger partial charge < -0.3 is 15.6 Å². The molecule has 0 saturated heterocycles. The largest absolute Gasteiger partial charge is 0.492 e. The van der Waals surface area contributed by atoms with Crippen LogP contribution in [0.2, 0.25) is 0 Å². The number of benzene rings is 1. The molecule has 0 saturated carbocycles. The van der Waals surface area contributed by atoms with Crippen LogP contribution in [0.25, 0.3) is 0 Å². The smallest absolute Gasteiger partial charge is 0.202 e. The van der Waals surface area contributed by atoms with Crippen LogP contribution in [-0.2, 0) is 0 Å². The molecule has 1 unspecified atom stereocenters. The van der Waals surface area contributed by atoms with Crippen LogP contribution in [0.3, 0.4) is 0 Å². The van der Waals surface area contributed by atoms with E-state index in [1.54, 1.807) is 0 Å². The highest BCUT2D eigenvalue weighted by Gasteiger charge is 2.21. The molecule has 84 valence electrons. The van der Waals surface area contributed by atoms with E-state index in [1.165, 1.54) is 13.2 Å². The SMILES string of the molecule is COc1c(Br)cc(C(N)CO)c(F)c1F. The fourth-order valence-electron chi connectivity index (χ4n) is 1.15. The predicted octanol–water partition coefficient (Wildman–Crippen LogP) is 1.73. The van der Waals surface area contributed by atoms with E-state index in [2.05, 4.69) is 20.7 Å². The molecule has 1 aromatic rings. The maximum atomic E-state index is 13.4. The van der Waals surface area contributed by atoms with Crippen molar-refractivity contribution in [3.8, 4) is 5.75 Å². The predicted molar refractivity (Wildman–Crippen MR) is 54.6 cm³/mol. The van der Waals surface area contributed by atoms with Gasteiger partial charge in [0.05, 0.1) is 24.2 Å². The quantitative estimate of drug-likeness (QED) is 0.830. The molecule has 1 atom stereocenters. The minimum Gasteiger partial charge on any atom is -0.492 e. The Morgan fingerprint density at radius 1 is 1.53 bits per heavy atom. The highest BCUT2D eigenvalue weighted by atomic mass is 79.9. The molecule has 0 bridgehead atoms. The molecular formula is C9H10BrF2NO2.